The Labute approximate surface area is 250 Å². The van der Waals surface area contributed by atoms with Crippen molar-refractivity contribution in [3.63, 3.8) is 0 Å². The predicted octanol–water partition coefficient (Wildman–Crippen LogP) is 5.21. The lowest BCUT2D eigenvalue weighted by atomic mass is 9.98. The van der Waals surface area contributed by atoms with E-state index in [0.717, 1.165) is 37.8 Å². The van der Waals surface area contributed by atoms with Crippen LogP contribution < -0.4 is 9.64 Å². The molecule has 6 rings (SSSR count). The highest BCUT2D eigenvalue weighted by Crippen LogP contribution is 2.60. The largest absolute Gasteiger partial charge is 0.508 e. The molecule has 226 valence electrons. The molecule has 2 aliphatic heterocycles. The van der Waals surface area contributed by atoms with E-state index in [9.17, 15) is 18.7 Å². The van der Waals surface area contributed by atoms with E-state index in [4.69, 9.17) is 16.1 Å². The van der Waals surface area contributed by atoms with Gasteiger partial charge < -0.3 is 24.5 Å². The number of amides is 1. The van der Waals surface area contributed by atoms with Crippen molar-refractivity contribution in [1.29, 1.82) is 0 Å². The van der Waals surface area contributed by atoms with Gasteiger partial charge in [0, 0.05) is 42.1 Å². The van der Waals surface area contributed by atoms with Gasteiger partial charge in [-0.25, -0.2) is 8.78 Å². The number of alkyl halides is 2. The quantitative estimate of drug-likeness (QED) is 0.379. The minimum Gasteiger partial charge on any atom is -0.508 e. The summed E-state index contributed by atoms with van der Waals surface area (Å²) < 4.78 is 34.9. The van der Waals surface area contributed by atoms with Crippen LogP contribution in [0, 0.1) is 17.8 Å². The van der Waals surface area contributed by atoms with E-state index in [-0.39, 0.29) is 56.4 Å². The van der Waals surface area contributed by atoms with Crippen LogP contribution in [0.4, 0.5) is 14.6 Å². The van der Waals surface area contributed by atoms with Gasteiger partial charge in [-0.05, 0) is 57.4 Å². The van der Waals surface area contributed by atoms with Crippen LogP contribution in [0.25, 0.3) is 10.8 Å². The first-order valence-electron chi connectivity index (χ1n) is 14.9. The Morgan fingerprint density at radius 2 is 2.00 bits per heavy atom. The fraction of sp³-hybridized carbons (Fsp3) is 0.485. The molecule has 1 N–H and O–H groups in total. The summed E-state index contributed by atoms with van der Waals surface area (Å²) in [5.74, 6) is 0.227. The summed E-state index contributed by atoms with van der Waals surface area (Å²) in [6.07, 6.45) is 9.77. The van der Waals surface area contributed by atoms with E-state index in [0.29, 0.717) is 33.4 Å². The predicted molar refractivity (Wildman–Crippen MR) is 160 cm³/mol. The van der Waals surface area contributed by atoms with Crippen LogP contribution in [0.3, 0.4) is 0 Å². The number of hydrogen-bond acceptors (Lipinski definition) is 7. The number of benzene rings is 2. The number of nitrogens with zero attached hydrogens (tertiary/aromatic N) is 5. The lowest BCUT2D eigenvalue weighted by Crippen LogP contribution is -2.35. The molecule has 1 saturated carbocycles. The van der Waals surface area contributed by atoms with Crippen LogP contribution in [0.1, 0.15) is 66.2 Å². The number of terminal acetylenes is 1. The van der Waals surface area contributed by atoms with Crippen LogP contribution in [0.15, 0.2) is 30.3 Å². The average molecular weight is 590 g/mol. The van der Waals surface area contributed by atoms with Crippen molar-refractivity contribution >= 4 is 22.5 Å². The van der Waals surface area contributed by atoms with Crippen LogP contribution in [-0.2, 0) is 13.1 Å². The third-order valence-corrected chi connectivity index (χ3v) is 9.01. The Hall–Kier alpha value is -3.97. The molecule has 0 radical (unpaired) electrons. The molecule has 1 unspecified atom stereocenters. The zero-order chi connectivity index (χ0) is 30.5. The van der Waals surface area contributed by atoms with Crippen molar-refractivity contribution in [3.05, 3.63) is 52.7 Å². The average Bonchev–Trinajstić information content (AvgIpc) is 3.33. The van der Waals surface area contributed by atoms with Crippen molar-refractivity contribution in [2.24, 2.45) is 5.41 Å². The number of phenols is 1. The van der Waals surface area contributed by atoms with Gasteiger partial charge in [0.05, 0.1) is 29.8 Å². The van der Waals surface area contributed by atoms with Crippen molar-refractivity contribution in [3.8, 4) is 24.1 Å². The zero-order valence-corrected chi connectivity index (χ0v) is 24.9. The Kier molecular flexibility index (Phi) is 7.41. The zero-order valence-electron chi connectivity index (χ0n) is 24.9. The summed E-state index contributed by atoms with van der Waals surface area (Å²) in [7, 11) is 3.55. The molecule has 0 bridgehead atoms. The molecule has 1 amide bonds. The van der Waals surface area contributed by atoms with E-state index in [1.54, 1.807) is 42.1 Å². The number of fused-ring (bicyclic) bond motifs is 2. The van der Waals surface area contributed by atoms with Crippen molar-refractivity contribution in [2.45, 2.75) is 64.1 Å². The molecule has 43 heavy (non-hydrogen) atoms. The van der Waals surface area contributed by atoms with E-state index in [2.05, 4.69) is 22.7 Å². The van der Waals surface area contributed by atoms with Crippen LogP contribution in [-0.4, -0.2) is 76.5 Å². The smallest absolute Gasteiger partial charge is 0.318 e. The third kappa shape index (κ3) is 5.35. The second-order valence-electron chi connectivity index (χ2n) is 12.5. The van der Waals surface area contributed by atoms with Gasteiger partial charge >= 0.3 is 6.01 Å². The molecule has 1 aromatic heterocycles. The molecule has 3 heterocycles. The Morgan fingerprint density at radius 3 is 2.72 bits per heavy atom. The molecule has 0 spiro atoms. The molecule has 2 aromatic carbocycles. The SMILES string of the molecule is C#Cc1cccc2cc(O)cc(C(=O)N3Cc4nc(OCC5(CN(C)C)CC5(F)F)nc(N5CCCCC[C@H]5C)c4C3)c12. The van der Waals surface area contributed by atoms with Gasteiger partial charge in [-0.2, -0.15) is 9.97 Å². The van der Waals surface area contributed by atoms with E-state index < -0.39 is 11.3 Å². The van der Waals surface area contributed by atoms with Crippen LogP contribution >= 0.6 is 0 Å². The number of anilines is 1. The maximum atomic E-state index is 14.5. The molecule has 1 aliphatic carbocycles. The molecule has 10 heteroatoms. The third-order valence-electron chi connectivity index (χ3n) is 9.01. The molecule has 2 fully saturated rings. The molecular weight excluding hydrogens is 552 g/mol. The molecular formula is C33H37F2N5O3. The monoisotopic (exact) mass is 589 g/mol. The van der Waals surface area contributed by atoms with E-state index >= 15 is 0 Å². The number of phenolic OH excluding ortho intramolecular Hbond substituents is 1. The Balaban J connectivity index is 1.35. The highest BCUT2D eigenvalue weighted by Gasteiger charge is 2.71. The number of rotatable bonds is 7. The first-order valence-corrected chi connectivity index (χ1v) is 14.9. The summed E-state index contributed by atoms with van der Waals surface area (Å²) in [5.41, 5.74) is 1.07. The molecule has 8 nitrogen and oxygen atoms in total. The summed E-state index contributed by atoms with van der Waals surface area (Å²) in [6.45, 7) is 3.42. The second-order valence-corrected chi connectivity index (χ2v) is 12.5. The lowest BCUT2D eigenvalue weighted by Gasteiger charge is -2.30. The van der Waals surface area contributed by atoms with Gasteiger partial charge in [-0.1, -0.05) is 30.9 Å². The second kappa shape index (κ2) is 10.9. The molecule has 1 saturated heterocycles. The number of carbonyl (C=O) groups excluding carboxylic acids is 1. The standard InChI is InChI=1S/C33H37F2N5O3/c1-5-22-11-9-12-23-14-24(41)15-25(28(22)23)30(42)39-16-26-27(17-39)36-31(37-29(26)40-13-8-6-7-10-21(40)2)43-20-32(19-38(3)4)18-33(32,34)35/h1,9,11-12,14-15,21,41H,6-8,10,13,16-20H2,2-4H3/t21-,32?/m1/s1. The van der Waals surface area contributed by atoms with Crippen molar-refractivity contribution in [1.82, 2.24) is 19.8 Å². The minimum absolute atomic E-state index is 0.0279. The number of ether oxygens (including phenoxy) is 1. The fourth-order valence-electron chi connectivity index (χ4n) is 6.68. The summed E-state index contributed by atoms with van der Waals surface area (Å²) in [4.78, 5) is 29.2. The van der Waals surface area contributed by atoms with Crippen molar-refractivity contribution < 1.29 is 23.4 Å². The van der Waals surface area contributed by atoms with Crippen molar-refractivity contribution in [2.75, 3.05) is 38.7 Å². The fourth-order valence-corrected chi connectivity index (χ4v) is 6.68. The number of carbonyl (C=O) groups is 1. The maximum Gasteiger partial charge on any atom is 0.318 e. The minimum atomic E-state index is -2.80. The van der Waals surface area contributed by atoms with Gasteiger partial charge in [0.15, 0.2) is 0 Å². The lowest BCUT2D eigenvalue weighted by molar-refractivity contribution is 0.0287. The normalized spacial score (nSPS) is 22.8. The molecule has 3 aliphatic rings. The van der Waals surface area contributed by atoms with E-state index in [1.807, 2.05) is 6.07 Å². The van der Waals surface area contributed by atoms with Crippen LogP contribution in [0.5, 0.6) is 11.8 Å². The first-order chi connectivity index (χ1) is 20.5. The molecule has 3 aromatic rings. The maximum absolute atomic E-state index is 14.5. The number of hydrogen-bond donors (Lipinski definition) is 1. The van der Waals surface area contributed by atoms with Gasteiger partial charge in [-0.15, -0.1) is 6.42 Å². The van der Waals surface area contributed by atoms with Gasteiger partial charge in [0.1, 0.15) is 18.2 Å². The summed E-state index contributed by atoms with van der Waals surface area (Å²) in [6, 6.07) is 8.68. The highest BCUT2D eigenvalue weighted by atomic mass is 19.3. The van der Waals surface area contributed by atoms with Gasteiger partial charge in [0.25, 0.3) is 11.8 Å². The molecule has 2 atom stereocenters. The highest BCUT2D eigenvalue weighted by molar-refractivity contribution is 6.09. The Bertz CT molecular complexity index is 1620. The van der Waals surface area contributed by atoms with Gasteiger partial charge in [-0.3, -0.25) is 4.79 Å². The number of halogens is 2. The van der Waals surface area contributed by atoms with E-state index in [1.165, 1.54) is 6.07 Å². The first kappa shape index (κ1) is 29.1. The topological polar surface area (TPSA) is 82.0 Å². The van der Waals surface area contributed by atoms with Crippen LogP contribution in [0.2, 0.25) is 0 Å². The number of aromatic nitrogens is 2. The number of aromatic hydroxyl groups is 1. The summed E-state index contributed by atoms with van der Waals surface area (Å²) in [5, 5.41) is 11.7. The van der Waals surface area contributed by atoms with Gasteiger partial charge in [0.2, 0.25) is 0 Å². The summed E-state index contributed by atoms with van der Waals surface area (Å²) >= 11 is 0. The Morgan fingerprint density at radius 1 is 1.21 bits per heavy atom.